The number of hydrogen-bond donors (Lipinski definition) is 0. The van der Waals surface area contributed by atoms with E-state index in [9.17, 15) is 0 Å². The van der Waals surface area contributed by atoms with Crippen LogP contribution in [0.2, 0.25) is 0 Å². The Morgan fingerprint density at radius 1 is 0.615 bits per heavy atom. The minimum atomic E-state index is 1.11. The van der Waals surface area contributed by atoms with E-state index in [1.54, 1.807) is 0 Å². The van der Waals surface area contributed by atoms with Crippen LogP contribution < -0.4 is 9.80 Å². The number of para-hydroxylation sites is 1. The highest BCUT2D eigenvalue weighted by Crippen LogP contribution is 2.39. The smallest absolute Gasteiger partial charge is 0.0490 e. The third kappa shape index (κ3) is 5.42. The second-order valence-corrected chi connectivity index (χ2v) is 9.60. The molecule has 0 aliphatic heterocycles. The van der Waals surface area contributed by atoms with Gasteiger partial charge in [-0.05, 0) is 84.6 Å². The molecule has 0 amide bonds. The molecule has 0 fully saturated rings. The summed E-state index contributed by atoms with van der Waals surface area (Å²) in [6.45, 7) is 8.29. The average Bonchev–Trinajstić information content (AvgIpc) is 2.99. The van der Waals surface area contributed by atoms with Gasteiger partial charge in [0.1, 0.15) is 0 Å². The molecule has 192 valence electrons. The number of anilines is 5. The Hall–Kier alpha value is -4.82. The zero-order valence-electron chi connectivity index (χ0n) is 22.9. The summed E-state index contributed by atoms with van der Waals surface area (Å²) in [6.07, 6.45) is 6.13. The molecule has 2 nitrogen and oxygen atoms in total. The van der Waals surface area contributed by atoms with Gasteiger partial charge in [0.25, 0.3) is 0 Å². The van der Waals surface area contributed by atoms with Gasteiger partial charge in [-0.15, -0.1) is 0 Å². The van der Waals surface area contributed by atoms with Gasteiger partial charge in [-0.2, -0.15) is 0 Å². The van der Waals surface area contributed by atoms with Crippen LogP contribution in [0.4, 0.5) is 28.4 Å². The van der Waals surface area contributed by atoms with Gasteiger partial charge in [0.15, 0.2) is 0 Å². The highest BCUT2D eigenvalue weighted by atomic mass is 15.1. The molecule has 0 heterocycles. The molecule has 0 saturated heterocycles. The van der Waals surface area contributed by atoms with E-state index in [0.29, 0.717) is 0 Å². The van der Waals surface area contributed by atoms with Crippen molar-refractivity contribution < 1.29 is 0 Å². The molecule has 0 spiro atoms. The summed E-state index contributed by atoms with van der Waals surface area (Å²) in [7, 11) is 2.11. The average molecular weight is 507 g/mol. The van der Waals surface area contributed by atoms with E-state index in [4.69, 9.17) is 0 Å². The molecule has 0 N–H and O–H groups in total. The van der Waals surface area contributed by atoms with Crippen LogP contribution in [0.25, 0.3) is 23.3 Å². The number of aryl methyl sites for hydroxylation is 1. The second kappa shape index (κ2) is 11.7. The lowest BCUT2D eigenvalue weighted by atomic mass is 10.0. The molecular formula is C37H34N2. The highest BCUT2D eigenvalue weighted by molar-refractivity contribution is 5.83. The van der Waals surface area contributed by atoms with Gasteiger partial charge in [0.2, 0.25) is 0 Å². The topological polar surface area (TPSA) is 6.48 Å². The predicted octanol–water partition coefficient (Wildman–Crippen LogP) is 10.6. The van der Waals surface area contributed by atoms with Crippen LogP contribution in [-0.2, 0) is 0 Å². The van der Waals surface area contributed by atoms with E-state index < -0.39 is 0 Å². The number of benzene rings is 5. The molecular weight excluding hydrogens is 472 g/mol. The SMILES string of the molecule is C=Cc1c(/C=C\C)cccc1N(C)c1ccc(N(c2cccc(-c3ccccc3)c2)c2ccccc2C)cc1. The monoisotopic (exact) mass is 506 g/mol. The third-order valence-corrected chi connectivity index (χ3v) is 7.09. The summed E-state index contributed by atoms with van der Waals surface area (Å²) in [5, 5.41) is 0. The van der Waals surface area contributed by atoms with E-state index in [1.165, 1.54) is 16.7 Å². The minimum absolute atomic E-state index is 1.11. The number of rotatable bonds is 8. The van der Waals surface area contributed by atoms with Crippen molar-refractivity contribution in [2.45, 2.75) is 13.8 Å². The molecule has 5 rings (SSSR count). The molecule has 0 radical (unpaired) electrons. The van der Waals surface area contributed by atoms with Crippen LogP contribution in [0.1, 0.15) is 23.6 Å². The van der Waals surface area contributed by atoms with Gasteiger partial charge in [0, 0.05) is 41.0 Å². The maximum Gasteiger partial charge on any atom is 0.0490 e. The first kappa shape index (κ1) is 25.8. The van der Waals surface area contributed by atoms with Crippen molar-refractivity contribution in [3.05, 3.63) is 151 Å². The molecule has 0 atom stereocenters. The fourth-order valence-electron chi connectivity index (χ4n) is 5.07. The quantitative estimate of drug-likeness (QED) is 0.206. The summed E-state index contributed by atoms with van der Waals surface area (Å²) in [4.78, 5) is 4.56. The number of allylic oxidation sites excluding steroid dienone is 1. The summed E-state index contributed by atoms with van der Waals surface area (Å²) < 4.78 is 0. The standard InChI is InChI=1S/C37H34N2/c1-5-14-30-18-13-22-37(35(30)6-2)38(4)32-23-25-33(26-24-32)39(36-21-11-10-15-28(36)3)34-20-12-19-31(27-34)29-16-8-7-9-17-29/h5-27H,2H2,1,3-4H3/b14-5-. The molecule has 0 aliphatic rings. The zero-order chi connectivity index (χ0) is 27.2. The van der Waals surface area contributed by atoms with Crippen LogP contribution in [0.15, 0.2) is 134 Å². The maximum absolute atomic E-state index is 4.08. The Bertz CT molecular complexity index is 1600. The summed E-state index contributed by atoms with van der Waals surface area (Å²) >= 11 is 0. The summed E-state index contributed by atoms with van der Waals surface area (Å²) in [6, 6.07) is 43.0. The second-order valence-electron chi connectivity index (χ2n) is 9.60. The summed E-state index contributed by atoms with van der Waals surface area (Å²) in [5.41, 5.74) is 11.6. The van der Waals surface area contributed by atoms with Crippen LogP contribution in [0.3, 0.4) is 0 Å². The highest BCUT2D eigenvalue weighted by Gasteiger charge is 2.16. The van der Waals surface area contributed by atoms with Crippen molar-refractivity contribution in [1.82, 2.24) is 0 Å². The van der Waals surface area contributed by atoms with Crippen LogP contribution in [-0.4, -0.2) is 7.05 Å². The molecule has 2 heteroatoms. The van der Waals surface area contributed by atoms with Gasteiger partial charge in [0.05, 0.1) is 0 Å². The third-order valence-electron chi connectivity index (χ3n) is 7.09. The Morgan fingerprint density at radius 3 is 1.97 bits per heavy atom. The molecule has 0 bridgehead atoms. The van der Waals surface area contributed by atoms with E-state index >= 15 is 0 Å². The fourth-order valence-corrected chi connectivity index (χ4v) is 5.07. The molecule has 5 aromatic rings. The molecule has 0 aromatic heterocycles. The van der Waals surface area contributed by atoms with Gasteiger partial charge in [-0.3, -0.25) is 0 Å². The van der Waals surface area contributed by atoms with Gasteiger partial charge in [-0.25, -0.2) is 0 Å². The first-order valence-corrected chi connectivity index (χ1v) is 13.3. The lowest BCUT2D eigenvalue weighted by Gasteiger charge is -2.28. The van der Waals surface area contributed by atoms with Gasteiger partial charge < -0.3 is 9.80 Å². The van der Waals surface area contributed by atoms with E-state index in [-0.39, 0.29) is 0 Å². The molecule has 0 saturated carbocycles. The Kier molecular flexibility index (Phi) is 7.75. The Labute approximate surface area is 232 Å². The normalized spacial score (nSPS) is 10.9. The zero-order valence-corrected chi connectivity index (χ0v) is 22.9. The van der Waals surface area contributed by atoms with Crippen molar-refractivity contribution in [1.29, 1.82) is 0 Å². The fraction of sp³-hybridized carbons (Fsp3) is 0.0811. The Morgan fingerprint density at radius 2 is 1.26 bits per heavy atom. The van der Waals surface area contributed by atoms with E-state index in [1.807, 2.05) is 13.0 Å². The first-order chi connectivity index (χ1) is 19.1. The van der Waals surface area contributed by atoms with Gasteiger partial charge in [-0.1, -0.05) is 97.6 Å². The number of nitrogens with zero attached hydrogens (tertiary/aromatic N) is 2. The predicted molar refractivity (Wildman–Crippen MR) is 171 cm³/mol. The van der Waals surface area contributed by atoms with Crippen molar-refractivity contribution >= 4 is 40.6 Å². The van der Waals surface area contributed by atoms with Crippen LogP contribution in [0, 0.1) is 6.92 Å². The van der Waals surface area contributed by atoms with E-state index in [0.717, 1.165) is 39.6 Å². The molecule has 0 aliphatic carbocycles. The largest absolute Gasteiger partial charge is 0.344 e. The minimum Gasteiger partial charge on any atom is -0.344 e. The van der Waals surface area contributed by atoms with Crippen molar-refractivity contribution in [2.75, 3.05) is 16.8 Å². The lowest BCUT2D eigenvalue weighted by Crippen LogP contribution is -2.13. The van der Waals surface area contributed by atoms with Crippen LogP contribution >= 0.6 is 0 Å². The van der Waals surface area contributed by atoms with Crippen molar-refractivity contribution in [3.63, 3.8) is 0 Å². The van der Waals surface area contributed by atoms with E-state index in [2.05, 4.69) is 164 Å². The molecule has 39 heavy (non-hydrogen) atoms. The Balaban J connectivity index is 1.56. The van der Waals surface area contributed by atoms with Crippen molar-refractivity contribution in [2.24, 2.45) is 0 Å². The summed E-state index contributed by atoms with van der Waals surface area (Å²) in [5.74, 6) is 0. The molecule has 5 aromatic carbocycles. The van der Waals surface area contributed by atoms with Crippen LogP contribution in [0.5, 0.6) is 0 Å². The lowest BCUT2D eigenvalue weighted by molar-refractivity contribution is 1.19. The van der Waals surface area contributed by atoms with Crippen molar-refractivity contribution in [3.8, 4) is 11.1 Å². The van der Waals surface area contributed by atoms with Gasteiger partial charge >= 0.3 is 0 Å². The maximum atomic E-state index is 4.08. The first-order valence-electron chi connectivity index (χ1n) is 13.3. The molecule has 0 unspecified atom stereocenters. The number of hydrogen-bond acceptors (Lipinski definition) is 2.